The molecule has 0 saturated carbocycles. The van der Waals surface area contributed by atoms with Gasteiger partial charge >= 0.3 is 5.97 Å². The predicted octanol–water partition coefficient (Wildman–Crippen LogP) is 1.38. The largest absolute Gasteiger partial charge is 0.477 e. The second-order valence-corrected chi connectivity index (χ2v) is 4.69. The van der Waals surface area contributed by atoms with E-state index in [0.717, 1.165) is 11.3 Å². The number of carbonyl (C=O) groups excluding carboxylic acids is 1. The zero-order valence-electron chi connectivity index (χ0n) is 9.88. The molecule has 0 spiro atoms. The van der Waals surface area contributed by atoms with Gasteiger partial charge < -0.3 is 16.2 Å². The van der Waals surface area contributed by atoms with E-state index in [9.17, 15) is 9.59 Å². The van der Waals surface area contributed by atoms with Crippen molar-refractivity contribution in [2.75, 3.05) is 11.1 Å². The standard InChI is InChI=1S/C11H10N4O3S/c1-5-8(19-11(12)14-5)9(16)15-6-2-3-7(10(17)18)13-4-6/h2-4H,1H3,(H2,12,14)(H,15,16)(H,17,18). The Balaban J connectivity index is 2.15. The van der Waals surface area contributed by atoms with Crippen molar-refractivity contribution in [2.45, 2.75) is 6.92 Å². The summed E-state index contributed by atoms with van der Waals surface area (Å²) in [5, 5.41) is 11.6. The summed E-state index contributed by atoms with van der Waals surface area (Å²) >= 11 is 1.09. The number of rotatable bonds is 3. The van der Waals surface area contributed by atoms with Crippen molar-refractivity contribution in [3.63, 3.8) is 0 Å². The number of hydrogen-bond acceptors (Lipinski definition) is 6. The molecule has 2 heterocycles. The lowest BCUT2D eigenvalue weighted by Crippen LogP contribution is -2.12. The van der Waals surface area contributed by atoms with Crippen LogP contribution in [-0.2, 0) is 0 Å². The van der Waals surface area contributed by atoms with Crippen LogP contribution in [-0.4, -0.2) is 27.0 Å². The third-order valence-electron chi connectivity index (χ3n) is 2.26. The molecule has 0 aromatic carbocycles. The average Bonchev–Trinajstić information content (AvgIpc) is 2.69. The Morgan fingerprint density at radius 1 is 1.42 bits per heavy atom. The topological polar surface area (TPSA) is 118 Å². The Labute approximate surface area is 112 Å². The molecule has 2 aromatic rings. The molecule has 0 aliphatic carbocycles. The van der Waals surface area contributed by atoms with Gasteiger partial charge in [0.05, 0.1) is 17.6 Å². The van der Waals surface area contributed by atoms with Crippen molar-refractivity contribution in [1.82, 2.24) is 9.97 Å². The first-order chi connectivity index (χ1) is 8.97. The number of aryl methyl sites for hydroxylation is 1. The van der Waals surface area contributed by atoms with Crippen LogP contribution in [0.15, 0.2) is 18.3 Å². The number of carboxylic acids is 1. The highest BCUT2D eigenvalue weighted by Gasteiger charge is 2.14. The maximum atomic E-state index is 11.9. The van der Waals surface area contributed by atoms with Crippen LogP contribution in [0.5, 0.6) is 0 Å². The van der Waals surface area contributed by atoms with Crippen LogP contribution in [0.1, 0.15) is 25.9 Å². The normalized spacial score (nSPS) is 10.2. The monoisotopic (exact) mass is 278 g/mol. The average molecular weight is 278 g/mol. The number of hydrogen-bond donors (Lipinski definition) is 3. The van der Waals surface area contributed by atoms with Gasteiger partial charge in [-0.3, -0.25) is 4.79 Å². The second kappa shape index (κ2) is 5.02. The lowest BCUT2D eigenvalue weighted by molar-refractivity contribution is 0.0690. The molecule has 0 unspecified atom stereocenters. The fraction of sp³-hybridized carbons (Fsp3) is 0.0909. The molecule has 0 radical (unpaired) electrons. The molecular formula is C11H10N4O3S. The van der Waals surface area contributed by atoms with Gasteiger partial charge in [-0.15, -0.1) is 0 Å². The van der Waals surface area contributed by atoms with E-state index in [1.54, 1.807) is 6.92 Å². The van der Waals surface area contributed by atoms with Gasteiger partial charge in [0.15, 0.2) is 5.13 Å². The Kier molecular flexibility index (Phi) is 3.43. The van der Waals surface area contributed by atoms with Gasteiger partial charge in [0.25, 0.3) is 5.91 Å². The summed E-state index contributed by atoms with van der Waals surface area (Å²) < 4.78 is 0. The number of thiazole rings is 1. The van der Waals surface area contributed by atoms with E-state index in [1.807, 2.05) is 0 Å². The van der Waals surface area contributed by atoms with Gasteiger partial charge in [-0.2, -0.15) is 0 Å². The summed E-state index contributed by atoms with van der Waals surface area (Å²) in [7, 11) is 0. The molecule has 19 heavy (non-hydrogen) atoms. The fourth-order valence-corrected chi connectivity index (χ4v) is 2.14. The van der Waals surface area contributed by atoms with Crippen LogP contribution in [0.4, 0.5) is 10.8 Å². The van der Waals surface area contributed by atoms with Crippen molar-refractivity contribution in [2.24, 2.45) is 0 Å². The lowest BCUT2D eigenvalue weighted by atomic mass is 10.3. The van der Waals surface area contributed by atoms with Gasteiger partial charge in [0, 0.05) is 0 Å². The predicted molar refractivity (Wildman–Crippen MR) is 70.4 cm³/mol. The molecule has 0 atom stereocenters. The number of nitrogen functional groups attached to an aromatic ring is 1. The number of aromatic nitrogens is 2. The van der Waals surface area contributed by atoms with Gasteiger partial charge in [0.1, 0.15) is 10.6 Å². The number of aromatic carboxylic acids is 1. The minimum atomic E-state index is -1.12. The fourth-order valence-electron chi connectivity index (χ4n) is 1.41. The third-order valence-corrected chi connectivity index (χ3v) is 3.25. The van der Waals surface area contributed by atoms with Crippen LogP contribution in [0.3, 0.4) is 0 Å². The maximum Gasteiger partial charge on any atom is 0.354 e. The van der Waals surface area contributed by atoms with Crippen LogP contribution in [0, 0.1) is 6.92 Å². The molecule has 0 fully saturated rings. The van der Waals surface area contributed by atoms with E-state index in [-0.39, 0.29) is 11.6 Å². The molecule has 7 nitrogen and oxygen atoms in total. The van der Waals surface area contributed by atoms with Crippen molar-refractivity contribution < 1.29 is 14.7 Å². The quantitative estimate of drug-likeness (QED) is 0.780. The first-order valence-electron chi connectivity index (χ1n) is 5.21. The first kappa shape index (κ1) is 13.0. The highest BCUT2D eigenvalue weighted by Crippen LogP contribution is 2.20. The summed E-state index contributed by atoms with van der Waals surface area (Å²) in [5.74, 6) is -1.47. The number of anilines is 2. The Morgan fingerprint density at radius 3 is 2.63 bits per heavy atom. The van der Waals surface area contributed by atoms with Crippen LogP contribution < -0.4 is 11.1 Å². The van der Waals surface area contributed by atoms with E-state index >= 15 is 0 Å². The summed E-state index contributed by atoms with van der Waals surface area (Å²) in [4.78, 5) is 30.6. The molecule has 0 aliphatic rings. The minimum Gasteiger partial charge on any atom is -0.477 e. The van der Waals surface area contributed by atoms with Crippen molar-refractivity contribution >= 4 is 34.0 Å². The van der Waals surface area contributed by atoms with E-state index in [1.165, 1.54) is 18.3 Å². The van der Waals surface area contributed by atoms with Crippen molar-refractivity contribution in [3.05, 3.63) is 34.6 Å². The number of carboxylic acid groups (broad SMARTS) is 1. The molecule has 2 aromatic heterocycles. The molecule has 0 saturated heterocycles. The number of nitrogens with two attached hydrogens (primary N) is 1. The smallest absolute Gasteiger partial charge is 0.354 e. The molecule has 2 rings (SSSR count). The summed E-state index contributed by atoms with van der Waals surface area (Å²) in [6, 6.07) is 2.78. The minimum absolute atomic E-state index is 0.0868. The van der Waals surface area contributed by atoms with Gasteiger partial charge in [-0.05, 0) is 19.1 Å². The SMILES string of the molecule is Cc1nc(N)sc1C(=O)Nc1ccc(C(=O)O)nc1. The number of pyridine rings is 1. The van der Waals surface area contributed by atoms with Crippen molar-refractivity contribution in [1.29, 1.82) is 0 Å². The Hall–Kier alpha value is -2.48. The van der Waals surface area contributed by atoms with E-state index in [4.69, 9.17) is 10.8 Å². The second-order valence-electron chi connectivity index (χ2n) is 3.66. The molecule has 0 bridgehead atoms. The van der Waals surface area contributed by atoms with Crippen molar-refractivity contribution in [3.8, 4) is 0 Å². The zero-order chi connectivity index (χ0) is 14.0. The van der Waals surface area contributed by atoms with E-state index in [2.05, 4.69) is 15.3 Å². The third kappa shape index (κ3) is 2.86. The lowest BCUT2D eigenvalue weighted by Gasteiger charge is -2.03. The maximum absolute atomic E-state index is 11.9. The zero-order valence-corrected chi connectivity index (χ0v) is 10.7. The Morgan fingerprint density at radius 2 is 2.16 bits per heavy atom. The summed E-state index contributed by atoms with van der Waals surface area (Å²) in [6.45, 7) is 1.69. The van der Waals surface area contributed by atoms with Crippen LogP contribution in [0.2, 0.25) is 0 Å². The van der Waals surface area contributed by atoms with E-state index < -0.39 is 5.97 Å². The molecule has 0 aliphatic heterocycles. The molecular weight excluding hydrogens is 268 g/mol. The molecule has 8 heteroatoms. The van der Waals surface area contributed by atoms with Crippen LogP contribution in [0.25, 0.3) is 0 Å². The van der Waals surface area contributed by atoms with E-state index in [0.29, 0.717) is 21.4 Å². The highest BCUT2D eigenvalue weighted by atomic mass is 32.1. The molecule has 1 amide bonds. The Bertz CT molecular complexity index is 636. The summed E-state index contributed by atoms with van der Waals surface area (Å²) in [6.07, 6.45) is 1.28. The van der Waals surface area contributed by atoms with Gasteiger partial charge in [0.2, 0.25) is 0 Å². The number of nitrogens with zero attached hydrogens (tertiary/aromatic N) is 2. The first-order valence-corrected chi connectivity index (χ1v) is 6.02. The number of carbonyl (C=O) groups is 2. The number of amides is 1. The van der Waals surface area contributed by atoms with Gasteiger partial charge in [-0.1, -0.05) is 11.3 Å². The highest BCUT2D eigenvalue weighted by molar-refractivity contribution is 7.17. The molecule has 98 valence electrons. The van der Waals surface area contributed by atoms with Crippen LogP contribution >= 0.6 is 11.3 Å². The molecule has 4 N–H and O–H groups in total. The number of nitrogens with one attached hydrogen (secondary N) is 1. The summed E-state index contributed by atoms with van der Waals surface area (Å²) in [5.41, 5.74) is 6.38. The van der Waals surface area contributed by atoms with Gasteiger partial charge in [-0.25, -0.2) is 14.8 Å².